The number of carbonyl (C=O) groups excluding carboxylic acids is 2. The summed E-state index contributed by atoms with van der Waals surface area (Å²) in [4.78, 5) is 44.7. The van der Waals surface area contributed by atoms with Crippen LogP contribution in [-0.2, 0) is 33.1 Å². The van der Waals surface area contributed by atoms with Gasteiger partial charge in [-0.2, -0.15) is 0 Å². The maximum Gasteiger partial charge on any atom is 0.348 e. The molecule has 2 aromatic carbocycles. The molecule has 208 valence electrons. The molecule has 0 radical (unpaired) electrons. The fourth-order valence-corrected chi connectivity index (χ4v) is 6.57. The molecule has 0 aliphatic carbocycles. The van der Waals surface area contributed by atoms with Crippen molar-refractivity contribution in [1.82, 2.24) is 9.55 Å². The van der Waals surface area contributed by atoms with E-state index in [0.29, 0.717) is 56.0 Å². The van der Waals surface area contributed by atoms with Crippen molar-refractivity contribution in [2.24, 2.45) is 0 Å². The van der Waals surface area contributed by atoms with Gasteiger partial charge in [0, 0.05) is 16.9 Å². The first-order chi connectivity index (χ1) is 19.4. The zero-order valence-electron chi connectivity index (χ0n) is 22.4. The van der Waals surface area contributed by atoms with Gasteiger partial charge in [-0.1, -0.05) is 42.1 Å². The normalized spacial score (nSPS) is 12.6. The van der Waals surface area contributed by atoms with Crippen molar-refractivity contribution in [3.05, 3.63) is 85.5 Å². The van der Waals surface area contributed by atoms with Crippen LogP contribution >= 0.6 is 23.1 Å². The summed E-state index contributed by atoms with van der Waals surface area (Å²) < 4.78 is 23.3. The summed E-state index contributed by atoms with van der Waals surface area (Å²) in [5.41, 5.74) is 3.21. The van der Waals surface area contributed by atoms with Crippen LogP contribution in [0, 0.1) is 6.92 Å². The number of thiophene rings is 1. The molecule has 0 spiro atoms. The summed E-state index contributed by atoms with van der Waals surface area (Å²) in [6, 6.07) is 13.1. The van der Waals surface area contributed by atoms with Crippen LogP contribution in [0.5, 0.6) is 5.75 Å². The minimum Gasteiger partial charge on any atom is -0.467 e. The van der Waals surface area contributed by atoms with E-state index in [4.69, 9.17) is 23.9 Å². The molecular formula is C29H28N2O7S2. The summed E-state index contributed by atoms with van der Waals surface area (Å²) in [7, 11) is 0. The van der Waals surface area contributed by atoms with E-state index >= 15 is 0 Å². The molecule has 2 aromatic heterocycles. The lowest BCUT2D eigenvalue weighted by molar-refractivity contribution is -0.0169. The van der Waals surface area contributed by atoms with Crippen molar-refractivity contribution in [1.29, 1.82) is 0 Å². The molecule has 3 heterocycles. The summed E-state index contributed by atoms with van der Waals surface area (Å²) in [5.74, 6) is 0.134. The number of thioether (sulfide) groups is 1. The van der Waals surface area contributed by atoms with Crippen LogP contribution in [0.4, 0.5) is 0 Å². The van der Waals surface area contributed by atoms with Gasteiger partial charge in [0.1, 0.15) is 15.5 Å². The Morgan fingerprint density at radius 3 is 2.60 bits per heavy atom. The van der Waals surface area contributed by atoms with Gasteiger partial charge in [-0.15, -0.1) is 11.3 Å². The van der Waals surface area contributed by atoms with Crippen LogP contribution in [-0.4, -0.2) is 41.5 Å². The Bertz CT molecular complexity index is 1630. The van der Waals surface area contributed by atoms with E-state index in [0.717, 1.165) is 28.0 Å². The van der Waals surface area contributed by atoms with Gasteiger partial charge in [-0.05, 0) is 44.0 Å². The van der Waals surface area contributed by atoms with Gasteiger partial charge in [-0.3, -0.25) is 9.36 Å². The van der Waals surface area contributed by atoms with E-state index < -0.39 is 11.9 Å². The van der Waals surface area contributed by atoms with Crippen LogP contribution in [0.3, 0.4) is 0 Å². The number of fused-ring (bicyclic) bond motifs is 2. The quantitative estimate of drug-likeness (QED) is 0.148. The van der Waals surface area contributed by atoms with Gasteiger partial charge in [0.25, 0.3) is 5.56 Å². The van der Waals surface area contributed by atoms with Crippen LogP contribution in [0.15, 0.2) is 52.4 Å². The van der Waals surface area contributed by atoms with Crippen molar-refractivity contribution < 1.29 is 28.5 Å². The number of hydrogen-bond acceptors (Lipinski definition) is 10. The Morgan fingerprint density at radius 1 is 1.10 bits per heavy atom. The highest BCUT2D eigenvalue weighted by Crippen LogP contribution is 2.35. The Morgan fingerprint density at radius 2 is 1.85 bits per heavy atom. The molecule has 0 amide bonds. The number of aromatic nitrogens is 2. The second-order valence-electron chi connectivity index (χ2n) is 8.97. The van der Waals surface area contributed by atoms with Gasteiger partial charge in [0.15, 0.2) is 11.9 Å². The lowest BCUT2D eigenvalue weighted by Crippen LogP contribution is -2.24. The molecule has 0 N–H and O–H groups in total. The number of ether oxygens (including phenoxy) is 4. The van der Waals surface area contributed by atoms with Crippen LogP contribution in [0.1, 0.15) is 56.1 Å². The third kappa shape index (κ3) is 5.63. The molecule has 0 unspecified atom stereocenters. The molecule has 0 saturated heterocycles. The third-order valence-electron chi connectivity index (χ3n) is 6.31. The fourth-order valence-electron chi connectivity index (χ4n) is 4.49. The fraction of sp³-hybridized carbons (Fsp3) is 0.310. The highest BCUT2D eigenvalue weighted by molar-refractivity contribution is 7.98. The van der Waals surface area contributed by atoms with Gasteiger partial charge in [-0.25, -0.2) is 14.6 Å². The SMILES string of the molecule is CCOC(=O)c1cc2c(c(CSc3nc4sc(C(=O)OCC)c(C)c4c(=O)n3Cc3ccccc3)c1)OCOC2. The topological polar surface area (TPSA) is 106 Å². The maximum atomic E-state index is 13.9. The Hall–Kier alpha value is -3.67. The Kier molecular flexibility index (Phi) is 8.53. The molecule has 40 heavy (non-hydrogen) atoms. The van der Waals surface area contributed by atoms with Crippen LogP contribution < -0.4 is 10.3 Å². The van der Waals surface area contributed by atoms with E-state index in [9.17, 15) is 14.4 Å². The predicted molar refractivity (Wildman–Crippen MR) is 152 cm³/mol. The summed E-state index contributed by atoms with van der Waals surface area (Å²) in [6.07, 6.45) is 0. The number of benzene rings is 2. The zero-order valence-corrected chi connectivity index (χ0v) is 24.0. The molecule has 0 saturated carbocycles. The predicted octanol–water partition coefficient (Wildman–Crippen LogP) is 5.33. The summed E-state index contributed by atoms with van der Waals surface area (Å²) in [5, 5.41) is 0.899. The molecular weight excluding hydrogens is 552 g/mol. The average molecular weight is 581 g/mol. The van der Waals surface area contributed by atoms with Crippen LogP contribution in [0.2, 0.25) is 0 Å². The number of hydrogen-bond donors (Lipinski definition) is 0. The first kappa shape index (κ1) is 27.9. The van der Waals surface area contributed by atoms with Crippen molar-refractivity contribution in [3.63, 3.8) is 0 Å². The van der Waals surface area contributed by atoms with E-state index in [1.54, 1.807) is 37.5 Å². The minimum absolute atomic E-state index is 0.109. The monoisotopic (exact) mass is 580 g/mol. The molecule has 0 fully saturated rings. The van der Waals surface area contributed by atoms with Gasteiger partial charge in [0.2, 0.25) is 0 Å². The molecule has 11 heteroatoms. The maximum absolute atomic E-state index is 13.9. The molecule has 0 bridgehead atoms. The largest absolute Gasteiger partial charge is 0.467 e. The highest BCUT2D eigenvalue weighted by Gasteiger charge is 2.24. The number of rotatable bonds is 9. The molecule has 0 atom stereocenters. The lowest BCUT2D eigenvalue weighted by Gasteiger charge is -2.22. The Labute approximate surface area is 239 Å². The number of aryl methyl sites for hydroxylation is 1. The minimum atomic E-state index is -0.465. The standard InChI is InChI=1S/C29H28N2O7S2/c1-4-36-27(33)19-11-20-14-35-16-38-23(20)21(12-19)15-39-29-30-25-22(17(3)24(40-25)28(34)37-5-2)26(32)31(29)13-18-9-7-6-8-10-18/h6-12H,4-5,13-16H2,1-3H3. The third-order valence-corrected chi connectivity index (χ3v) is 8.51. The van der Waals surface area contributed by atoms with E-state index in [1.807, 2.05) is 30.3 Å². The summed E-state index contributed by atoms with van der Waals surface area (Å²) in [6.45, 7) is 6.48. The van der Waals surface area contributed by atoms with Gasteiger partial charge < -0.3 is 18.9 Å². The van der Waals surface area contributed by atoms with Crippen LogP contribution in [0.25, 0.3) is 10.2 Å². The molecule has 5 rings (SSSR count). The van der Waals surface area contributed by atoms with Crippen molar-refractivity contribution in [3.8, 4) is 5.75 Å². The van der Waals surface area contributed by atoms with Gasteiger partial charge >= 0.3 is 11.9 Å². The molecule has 4 aromatic rings. The van der Waals surface area contributed by atoms with E-state index in [2.05, 4.69) is 0 Å². The molecule has 1 aliphatic rings. The van der Waals surface area contributed by atoms with Crippen molar-refractivity contribution >= 4 is 45.3 Å². The number of esters is 2. The summed E-state index contributed by atoms with van der Waals surface area (Å²) >= 11 is 2.52. The molecule has 9 nitrogen and oxygen atoms in total. The highest BCUT2D eigenvalue weighted by atomic mass is 32.2. The van der Waals surface area contributed by atoms with E-state index in [1.165, 1.54) is 11.8 Å². The second-order valence-corrected chi connectivity index (χ2v) is 10.9. The molecule has 1 aliphatic heterocycles. The van der Waals surface area contributed by atoms with Crippen molar-refractivity contribution in [2.75, 3.05) is 20.0 Å². The lowest BCUT2D eigenvalue weighted by atomic mass is 10.0. The Balaban J connectivity index is 1.58. The zero-order chi connectivity index (χ0) is 28.2. The first-order valence-corrected chi connectivity index (χ1v) is 14.6. The average Bonchev–Trinajstić information content (AvgIpc) is 3.30. The number of nitrogens with zero attached hydrogens (tertiary/aromatic N) is 2. The van der Waals surface area contributed by atoms with E-state index in [-0.39, 0.29) is 25.6 Å². The van der Waals surface area contributed by atoms with Gasteiger partial charge in [0.05, 0.1) is 37.3 Å². The second kappa shape index (κ2) is 12.2. The number of carbonyl (C=O) groups is 2. The smallest absolute Gasteiger partial charge is 0.348 e. The van der Waals surface area contributed by atoms with Crippen molar-refractivity contribution in [2.45, 2.75) is 44.8 Å². The first-order valence-electron chi connectivity index (χ1n) is 12.8.